The number of hydrogen-bond donors (Lipinski definition) is 2. The molecule has 0 radical (unpaired) electrons. The van der Waals surface area contributed by atoms with Gasteiger partial charge < -0.3 is 0 Å². The number of hydrogen-bond acceptors (Lipinski definition) is 3. The lowest BCUT2D eigenvalue weighted by Crippen LogP contribution is -2.39. The lowest BCUT2D eigenvalue weighted by atomic mass is 10.0. The Hall–Kier alpha value is -1.66. The normalized spacial score (nSPS) is 12.8. The highest BCUT2D eigenvalue weighted by atomic mass is 35.5. The summed E-state index contributed by atoms with van der Waals surface area (Å²) in [5, 5.41) is 0.631. The van der Waals surface area contributed by atoms with Gasteiger partial charge in [-0.1, -0.05) is 47.5 Å². The third kappa shape index (κ3) is 4.91. The molecule has 0 aromatic heterocycles. The second-order valence-corrected chi connectivity index (χ2v) is 7.31. The Morgan fingerprint density at radius 1 is 1.13 bits per heavy atom. The molecular formula is C17H19ClN2O2S. The van der Waals surface area contributed by atoms with Gasteiger partial charge in [-0.05, 0) is 43.2 Å². The van der Waals surface area contributed by atoms with E-state index in [2.05, 4.69) is 16.8 Å². The van der Waals surface area contributed by atoms with Crippen molar-refractivity contribution in [2.24, 2.45) is 0 Å². The molecular weight excluding hydrogens is 332 g/mol. The van der Waals surface area contributed by atoms with Crippen LogP contribution in [0, 0.1) is 6.92 Å². The SMILES string of the molecule is C=CC[C@@H](NNS(=O)(=O)c1ccc(C)cc1)c1ccc(Cl)cc1. The van der Waals surface area contributed by atoms with Gasteiger partial charge in [0.2, 0.25) is 0 Å². The maximum Gasteiger partial charge on any atom is 0.253 e. The van der Waals surface area contributed by atoms with Crippen LogP contribution in [0.1, 0.15) is 23.6 Å². The van der Waals surface area contributed by atoms with Gasteiger partial charge in [0.15, 0.2) is 0 Å². The predicted molar refractivity (Wildman–Crippen MR) is 93.6 cm³/mol. The first kappa shape index (κ1) is 17.7. The van der Waals surface area contributed by atoms with E-state index in [0.29, 0.717) is 11.4 Å². The summed E-state index contributed by atoms with van der Waals surface area (Å²) >= 11 is 5.88. The molecule has 0 bridgehead atoms. The molecule has 2 N–H and O–H groups in total. The minimum absolute atomic E-state index is 0.212. The van der Waals surface area contributed by atoms with Gasteiger partial charge in [0.05, 0.1) is 10.9 Å². The summed E-state index contributed by atoms with van der Waals surface area (Å²) in [5.41, 5.74) is 4.78. The Morgan fingerprint density at radius 2 is 1.74 bits per heavy atom. The summed E-state index contributed by atoms with van der Waals surface area (Å²) in [6, 6.07) is 13.7. The monoisotopic (exact) mass is 350 g/mol. The van der Waals surface area contributed by atoms with E-state index in [9.17, 15) is 8.42 Å². The van der Waals surface area contributed by atoms with Crippen molar-refractivity contribution in [1.82, 2.24) is 10.3 Å². The molecule has 0 fully saturated rings. The van der Waals surface area contributed by atoms with E-state index in [1.807, 2.05) is 19.1 Å². The van der Waals surface area contributed by atoms with E-state index in [1.54, 1.807) is 42.5 Å². The highest BCUT2D eigenvalue weighted by Gasteiger charge is 2.16. The van der Waals surface area contributed by atoms with Gasteiger partial charge in [-0.15, -0.1) is 11.4 Å². The van der Waals surface area contributed by atoms with Crippen LogP contribution in [0.4, 0.5) is 0 Å². The van der Waals surface area contributed by atoms with E-state index in [0.717, 1.165) is 11.1 Å². The van der Waals surface area contributed by atoms with Crippen molar-refractivity contribution in [3.05, 3.63) is 77.3 Å². The van der Waals surface area contributed by atoms with Gasteiger partial charge in [0.25, 0.3) is 10.0 Å². The second kappa shape index (κ2) is 7.75. The lowest BCUT2D eigenvalue weighted by molar-refractivity contribution is 0.494. The van der Waals surface area contributed by atoms with Gasteiger partial charge in [0.1, 0.15) is 0 Å². The number of nitrogens with one attached hydrogen (secondary N) is 2. The average molecular weight is 351 g/mol. The molecule has 0 aliphatic heterocycles. The Morgan fingerprint density at radius 3 is 2.30 bits per heavy atom. The molecule has 0 heterocycles. The van der Waals surface area contributed by atoms with Crippen molar-refractivity contribution in [3.63, 3.8) is 0 Å². The summed E-state index contributed by atoms with van der Waals surface area (Å²) in [5.74, 6) is 0. The fourth-order valence-electron chi connectivity index (χ4n) is 2.07. The fourth-order valence-corrected chi connectivity index (χ4v) is 3.10. The highest BCUT2D eigenvalue weighted by Crippen LogP contribution is 2.19. The predicted octanol–water partition coefficient (Wildman–Crippen LogP) is 3.75. The maximum atomic E-state index is 12.3. The summed E-state index contributed by atoms with van der Waals surface area (Å²) in [6.45, 7) is 5.62. The van der Waals surface area contributed by atoms with Crippen molar-refractivity contribution in [1.29, 1.82) is 0 Å². The zero-order valence-corrected chi connectivity index (χ0v) is 14.4. The summed E-state index contributed by atoms with van der Waals surface area (Å²) < 4.78 is 24.6. The Labute approximate surface area is 142 Å². The zero-order valence-electron chi connectivity index (χ0n) is 12.8. The minimum atomic E-state index is -3.63. The highest BCUT2D eigenvalue weighted by molar-refractivity contribution is 7.89. The Balaban J connectivity index is 2.13. The molecule has 0 saturated heterocycles. The maximum absolute atomic E-state index is 12.3. The molecule has 0 aliphatic carbocycles. The van der Waals surface area contributed by atoms with Crippen LogP contribution in [-0.4, -0.2) is 8.42 Å². The second-order valence-electron chi connectivity index (χ2n) is 5.19. The Kier molecular flexibility index (Phi) is 5.96. The molecule has 6 heteroatoms. The summed E-state index contributed by atoms with van der Waals surface area (Å²) in [7, 11) is -3.63. The third-order valence-electron chi connectivity index (χ3n) is 3.37. The fraction of sp³-hybridized carbons (Fsp3) is 0.176. The number of benzene rings is 2. The zero-order chi connectivity index (χ0) is 16.9. The van der Waals surface area contributed by atoms with E-state index in [4.69, 9.17) is 11.6 Å². The molecule has 2 aromatic rings. The molecule has 0 unspecified atom stereocenters. The Bertz CT molecular complexity index is 756. The molecule has 0 amide bonds. The molecule has 0 aliphatic rings. The summed E-state index contributed by atoms with van der Waals surface area (Å²) in [6.07, 6.45) is 2.30. The number of aryl methyl sites for hydroxylation is 1. The third-order valence-corrected chi connectivity index (χ3v) is 4.90. The number of sulfonamides is 1. The van der Waals surface area contributed by atoms with Crippen molar-refractivity contribution in [2.45, 2.75) is 24.3 Å². The summed E-state index contributed by atoms with van der Waals surface area (Å²) in [4.78, 5) is 2.65. The molecule has 2 aromatic carbocycles. The van der Waals surface area contributed by atoms with Gasteiger partial charge in [-0.2, -0.15) is 0 Å². The quantitative estimate of drug-likeness (QED) is 0.590. The topological polar surface area (TPSA) is 58.2 Å². The number of halogens is 1. The minimum Gasteiger partial charge on any atom is -0.236 e. The van der Waals surface area contributed by atoms with Crippen molar-refractivity contribution in [3.8, 4) is 0 Å². The first-order valence-corrected chi connectivity index (χ1v) is 8.99. The smallest absolute Gasteiger partial charge is 0.236 e. The molecule has 23 heavy (non-hydrogen) atoms. The first-order chi connectivity index (χ1) is 10.9. The van der Waals surface area contributed by atoms with Gasteiger partial charge in [-0.3, -0.25) is 0 Å². The van der Waals surface area contributed by atoms with Crippen molar-refractivity contribution < 1.29 is 8.42 Å². The van der Waals surface area contributed by atoms with Gasteiger partial charge in [0, 0.05) is 5.02 Å². The van der Waals surface area contributed by atoms with E-state index < -0.39 is 10.0 Å². The standard InChI is InChI=1S/C17H19ClN2O2S/c1-3-4-17(14-7-9-15(18)10-8-14)19-20-23(21,22)16-11-5-13(2)6-12-16/h3,5-12,17,19-20H,1,4H2,2H3/t17-/m1/s1. The van der Waals surface area contributed by atoms with Gasteiger partial charge in [-0.25, -0.2) is 13.8 Å². The van der Waals surface area contributed by atoms with Crippen molar-refractivity contribution in [2.75, 3.05) is 0 Å². The number of hydrazine groups is 1. The molecule has 0 spiro atoms. The molecule has 122 valence electrons. The van der Waals surface area contributed by atoms with Crippen LogP contribution in [0.25, 0.3) is 0 Å². The first-order valence-electron chi connectivity index (χ1n) is 7.13. The van der Waals surface area contributed by atoms with E-state index >= 15 is 0 Å². The van der Waals surface area contributed by atoms with Crippen molar-refractivity contribution >= 4 is 21.6 Å². The molecule has 1 atom stereocenters. The van der Waals surface area contributed by atoms with Crippen LogP contribution < -0.4 is 10.3 Å². The van der Waals surface area contributed by atoms with Crippen LogP contribution in [0.2, 0.25) is 5.02 Å². The molecule has 4 nitrogen and oxygen atoms in total. The molecule has 2 rings (SSSR count). The number of rotatable bonds is 7. The van der Waals surface area contributed by atoms with Crippen LogP contribution in [0.3, 0.4) is 0 Å². The van der Waals surface area contributed by atoms with E-state index in [-0.39, 0.29) is 10.9 Å². The lowest BCUT2D eigenvalue weighted by Gasteiger charge is -2.18. The van der Waals surface area contributed by atoms with E-state index in [1.165, 1.54) is 0 Å². The van der Waals surface area contributed by atoms with Crippen LogP contribution in [0.5, 0.6) is 0 Å². The van der Waals surface area contributed by atoms with Crippen LogP contribution in [-0.2, 0) is 10.0 Å². The molecule has 0 saturated carbocycles. The average Bonchev–Trinajstić information content (AvgIpc) is 2.53. The van der Waals surface area contributed by atoms with Crippen LogP contribution in [0.15, 0.2) is 66.1 Å². The van der Waals surface area contributed by atoms with Gasteiger partial charge >= 0.3 is 0 Å². The largest absolute Gasteiger partial charge is 0.253 e. The van der Waals surface area contributed by atoms with Crippen LogP contribution >= 0.6 is 11.6 Å².